The molecule has 1 aliphatic carbocycles. The SMILES string of the molecule is CCC(C(=O)O)N1CCCN(C(=O)C2CCCCC2)CC1. The largest absolute Gasteiger partial charge is 0.480 e. The van der Waals surface area contributed by atoms with Crippen molar-refractivity contribution in [2.24, 2.45) is 5.92 Å². The highest BCUT2D eigenvalue weighted by molar-refractivity contribution is 5.79. The van der Waals surface area contributed by atoms with Gasteiger partial charge in [0.15, 0.2) is 0 Å². The molecule has 1 atom stereocenters. The Hall–Kier alpha value is -1.10. The molecule has 1 saturated heterocycles. The first kappa shape index (κ1) is 16.3. The molecule has 120 valence electrons. The molecule has 1 heterocycles. The van der Waals surface area contributed by atoms with Crippen LogP contribution in [0.25, 0.3) is 0 Å². The van der Waals surface area contributed by atoms with Gasteiger partial charge < -0.3 is 10.0 Å². The number of hydrogen-bond acceptors (Lipinski definition) is 3. The lowest BCUT2D eigenvalue weighted by Gasteiger charge is -2.29. The first-order chi connectivity index (χ1) is 10.1. The summed E-state index contributed by atoms with van der Waals surface area (Å²) in [7, 11) is 0. The minimum atomic E-state index is -0.746. The molecule has 0 aromatic rings. The monoisotopic (exact) mass is 296 g/mol. The number of carboxylic acid groups (broad SMARTS) is 1. The van der Waals surface area contributed by atoms with E-state index in [-0.39, 0.29) is 5.92 Å². The second-order valence-electron chi connectivity index (χ2n) is 6.31. The van der Waals surface area contributed by atoms with E-state index in [2.05, 4.69) is 0 Å². The van der Waals surface area contributed by atoms with Crippen molar-refractivity contribution in [2.75, 3.05) is 26.2 Å². The molecule has 2 rings (SSSR count). The van der Waals surface area contributed by atoms with E-state index in [1.54, 1.807) is 0 Å². The van der Waals surface area contributed by atoms with E-state index in [0.29, 0.717) is 25.4 Å². The Morgan fingerprint density at radius 1 is 1.05 bits per heavy atom. The molecule has 0 radical (unpaired) electrons. The lowest BCUT2D eigenvalue weighted by Crippen LogP contribution is -2.44. The molecule has 1 saturated carbocycles. The summed E-state index contributed by atoms with van der Waals surface area (Å²) in [5.74, 6) is -0.226. The van der Waals surface area contributed by atoms with Crippen molar-refractivity contribution in [1.82, 2.24) is 9.80 Å². The minimum Gasteiger partial charge on any atom is -0.480 e. The molecule has 5 heteroatoms. The Kier molecular flexibility index (Phi) is 6.03. The van der Waals surface area contributed by atoms with E-state index in [1.165, 1.54) is 19.3 Å². The van der Waals surface area contributed by atoms with Crippen LogP contribution in [-0.4, -0.2) is 59.0 Å². The Bertz CT molecular complexity index is 367. The zero-order valence-corrected chi connectivity index (χ0v) is 13.1. The van der Waals surface area contributed by atoms with Gasteiger partial charge in [-0.15, -0.1) is 0 Å². The molecule has 1 aliphatic heterocycles. The second-order valence-corrected chi connectivity index (χ2v) is 6.31. The van der Waals surface area contributed by atoms with Gasteiger partial charge in [0.1, 0.15) is 6.04 Å². The molecule has 1 unspecified atom stereocenters. The van der Waals surface area contributed by atoms with Crippen LogP contribution in [0.4, 0.5) is 0 Å². The normalized spacial score (nSPS) is 23.6. The van der Waals surface area contributed by atoms with Gasteiger partial charge in [0, 0.05) is 32.1 Å². The average molecular weight is 296 g/mol. The summed E-state index contributed by atoms with van der Waals surface area (Å²) in [6, 6.07) is -0.408. The lowest BCUT2D eigenvalue weighted by molar-refractivity contribution is -0.143. The van der Waals surface area contributed by atoms with Gasteiger partial charge >= 0.3 is 5.97 Å². The number of carboxylic acids is 1. The number of carbonyl (C=O) groups is 2. The highest BCUT2D eigenvalue weighted by atomic mass is 16.4. The highest BCUT2D eigenvalue weighted by Gasteiger charge is 2.30. The average Bonchev–Trinajstić information content (AvgIpc) is 2.74. The molecule has 1 amide bonds. The fraction of sp³-hybridized carbons (Fsp3) is 0.875. The summed E-state index contributed by atoms with van der Waals surface area (Å²) in [6.45, 7) is 4.83. The molecule has 0 bridgehead atoms. The van der Waals surface area contributed by atoms with Gasteiger partial charge in [0.05, 0.1) is 0 Å². The Balaban J connectivity index is 1.90. The van der Waals surface area contributed by atoms with Gasteiger partial charge in [0.25, 0.3) is 0 Å². The third-order valence-electron chi connectivity index (χ3n) is 4.91. The number of nitrogens with zero attached hydrogens (tertiary/aromatic N) is 2. The van der Waals surface area contributed by atoms with Crippen LogP contribution in [0.15, 0.2) is 0 Å². The van der Waals surface area contributed by atoms with E-state index in [1.807, 2.05) is 16.7 Å². The first-order valence-electron chi connectivity index (χ1n) is 8.39. The van der Waals surface area contributed by atoms with Crippen molar-refractivity contribution in [1.29, 1.82) is 0 Å². The van der Waals surface area contributed by atoms with Gasteiger partial charge in [-0.1, -0.05) is 26.2 Å². The van der Waals surface area contributed by atoms with Crippen LogP contribution in [0.1, 0.15) is 51.9 Å². The van der Waals surface area contributed by atoms with Gasteiger partial charge in [-0.2, -0.15) is 0 Å². The fourth-order valence-corrected chi connectivity index (χ4v) is 3.67. The molecule has 2 aliphatic rings. The van der Waals surface area contributed by atoms with E-state index in [0.717, 1.165) is 32.4 Å². The molecular formula is C16H28N2O3. The number of aliphatic carboxylic acids is 1. The third kappa shape index (κ3) is 4.19. The molecule has 2 fully saturated rings. The third-order valence-corrected chi connectivity index (χ3v) is 4.91. The molecule has 0 aromatic heterocycles. The van der Waals surface area contributed by atoms with Crippen LogP contribution in [-0.2, 0) is 9.59 Å². The summed E-state index contributed by atoms with van der Waals surface area (Å²) < 4.78 is 0. The first-order valence-corrected chi connectivity index (χ1v) is 8.39. The van der Waals surface area contributed by atoms with Crippen molar-refractivity contribution in [3.63, 3.8) is 0 Å². The minimum absolute atomic E-state index is 0.215. The number of carbonyl (C=O) groups excluding carboxylic acids is 1. The van der Waals surface area contributed by atoms with Gasteiger partial charge in [-0.3, -0.25) is 14.5 Å². The molecule has 21 heavy (non-hydrogen) atoms. The molecule has 1 N–H and O–H groups in total. The summed E-state index contributed by atoms with van der Waals surface area (Å²) in [4.78, 5) is 27.9. The fourth-order valence-electron chi connectivity index (χ4n) is 3.67. The van der Waals surface area contributed by atoms with E-state index < -0.39 is 12.0 Å². The summed E-state index contributed by atoms with van der Waals surface area (Å²) in [5, 5.41) is 9.27. The van der Waals surface area contributed by atoms with Crippen LogP contribution < -0.4 is 0 Å². The quantitative estimate of drug-likeness (QED) is 0.861. The maximum atomic E-state index is 12.6. The Morgan fingerprint density at radius 3 is 2.38 bits per heavy atom. The molecule has 5 nitrogen and oxygen atoms in total. The molecular weight excluding hydrogens is 268 g/mol. The maximum absolute atomic E-state index is 12.6. The smallest absolute Gasteiger partial charge is 0.320 e. The summed E-state index contributed by atoms with van der Waals surface area (Å²) >= 11 is 0. The predicted octanol–water partition coefficient (Wildman–Crippen LogP) is 1.96. The topological polar surface area (TPSA) is 60.9 Å². The van der Waals surface area contributed by atoms with E-state index in [9.17, 15) is 14.7 Å². The van der Waals surface area contributed by atoms with E-state index in [4.69, 9.17) is 0 Å². The van der Waals surface area contributed by atoms with Crippen LogP contribution in [0.2, 0.25) is 0 Å². The Labute approximate surface area is 127 Å². The van der Waals surface area contributed by atoms with Crippen molar-refractivity contribution in [3.8, 4) is 0 Å². The highest BCUT2D eigenvalue weighted by Crippen LogP contribution is 2.26. The molecule has 0 aromatic carbocycles. The second kappa shape index (κ2) is 7.78. The van der Waals surface area contributed by atoms with Crippen LogP contribution in [0, 0.1) is 5.92 Å². The summed E-state index contributed by atoms with van der Waals surface area (Å²) in [6.07, 6.45) is 7.17. The zero-order valence-electron chi connectivity index (χ0n) is 13.1. The van der Waals surface area contributed by atoms with Crippen molar-refractivity contribution < 1.29 is 14.7 Å². The maximum Gasteiger partial charge on any atom is 0.320 e. The zero-order chi connectivity index (χ0) is 15.2. The Morgan fingerprint density at radius 2 is 1.76 bits per heavy atom. The lowest BCUT2D eigenvalue weighted by atomic mass is 9.88. The van der Waals surface area contributed by atoms with Crippen LogP contribution in [0.5, 0.6) is 0 Å². The standard InChI is InChI=1S/C16H28N2O3/c1-2-14(16(20)21)17-9-6-10-18(12-11-17)15(19)13-7-4-3-5-8-13/h13-14H,2-12H2,1H3,(H,20,21). The van der Waals surface area contributed by atoms with Crippen molar-refractivity contribution in [3.05, 3.63) is 0 Å². The number of rotatable bonds is 4. The number of hydrogen-bond donors (Lipinski definition) is 1. The predicted molar refractivity (Wildman–Crippen MR) is 81.1 cm³/mol. The van der Waals surface area contributed by atoms with Gasteiger partial charge in [0.2, 0.25) is 5.91 Å². The van der Waals surface area contributed by atoms with Crippen LogP contribution in [0.3, 0.4) is 0 Å². The number of amides is 1. The molecule has 0 spiro atoms. The van der Waals surface area contributed by atoms with Crippen molar-refractivity contribution >= 4 is 11.9 Å². The summed E-state index contributed by atoms with van der Waals surface area (Å²) in [5.41, 5.74) is 0. The van der Waals surface area contributed by atoms with Crippen LogP contribution >= 0.6 is 0 Å². The van der Waals surface area contributed by atoms with Crippen molar-refractivity contribution in [2.45, 2.75) is 57.9 Å². The van der Waals surface area contributed by atoms with E-state index >= 15 is 0 Å². The van der Waals surface area contributed by atoms with Gasteiger partial charge in [-0.25, -0.2) is 0 Å². The van der Waals surface area contributed by atoms with Gasteiger partial charge in [-0.05, 0) is 25.7 Å².